The Morgan fingerprint density at radius 2 is 1.53 bits per heavy atom. The summed E-state index contributed by atoms with van der Waals surface area (Å²) in [5.74, 6) is -0.0164. The third kappa shape index (κ3) is 15.3. The van der Waals surface area contributed by atoms with Crippen LogP contribution in [0, 0.1) is 0 Å². The summed E-state index contributed by atoms with van der Waals surface area (Å²) in [6, 6.07) is 5.01. The molecule has 0 atom stereocenters. The van der Waals surface area contributed by atoms with Gasteiger partial charge in [0.05, 0.1) is 65.5 Å². The molecule has 0 bridgehead atoms. The summed E-state index contributed by atoms with van der Waals surface area (Å²) >= 11 is 1.46. The van der Waals surface area contributed by atoms with Crippen LogP contribution in [0.5, 0.6) is 5.75 Å². The molecular formula is C25H41NO9S. The van der Waals surface area contributed by atoms with Gasteiger partial charge >= 0.3 is 5.97 Å². The summed E-state index contributed by atoms with van der Waals surface area (Å²) in [5, 5.41) is 22.0. The number of thioether (sulfide) groups is 1. The van der Waals surface area contributed by atoms with E-state index in [2.05, 4.69) is 10.1 Å². The summed E-state index contributed by atoms with van der Waals surface area (Å²) < 4.78 is 25.7. The molecule has 3 N–H and O–H groups in total. The fraction of sp³-hybridized carbons (Fsp3) is 0.680. The number of aromatic hydroxyl groups is 1. The van der Waals surface area contributed by atoms with Crippen LogP contribution in [0.15, 0.2) is 18.2 Å². The van der Waals surface area contributed by atoms with Gasteiger partial charge in [0.2, 0.25) is 5.91 Å². The van der Waals surface area contributed by atoms with Gasteiger partial charge < -0.3 is 39.2 Å². The molecule has 1 amide bonds. The lowest BCUT2D eigenvalue weighted by Gasteiger charge is -2.25. The molecule has 0 aliphatic carbocycles. The van der Waals surface area contributed by atoms with Crippen molar-refractivity contribution < 1.29 is 43.5 Å². The maximum atomic E-state index is 12.1. The predicted octanol–water partition coefficient (Wildman–Crippen LogP) is 1.99. The number of amides is 1. The van der Waals surface area contributed by atoms with Crippen molar-refractivity contribution in [3.05, 3.63) is 29.3 Å². The summed E-state index contributed by atoms with van der Waals surface area (Å²) in [4.78, 5) is 23.1. The SMILES string of the molecule is COC(=O)CCOCCCOCCOCCOCCNC(=O)CSC(C)(C)c1cc(O)cc(CO)c1. The zero-order valence-electron chi connectivity index (χ0n) is 21.6. The normalized spacial score (nSPS) is 11.4. The van der Waals surface area contributed by atoms with E-state index >= 15 is 0 Å². The average Bonchev–Trinajstić information content (AvgIpc) is 2.86. The van der Waals surface area contributed by atoms with Crippen molar-refractivity contribution in [3.63, 3.8) is 0 Å². The standard InChI is InChI=1S/C25H41NO9S/c1-25(2,21-15-20(18-27)16-22(28)17-21)36-19-23(29)26-6-10-34-12-14-35-13-11-33-8-4-7-32-9-5-24(30)31-3/h15-17,27-28H,4-14,18-19H2,1-3H3,(H,26,29). The molecule has 0 spiro atoms. The highest BCUT2D eigenvalue weighted by molar-refractivity contribution is 8.00. The number of methoxy groups -OCH3 is 1. The molecule has 0 saturated carbocycles. The number of nitrogens with one attached hydrogen (secondary N) is 1. The molecule has 36 heavy (non-hydrogen) atoms. The van der Waals surface area contributed by atoms with Gasteiger partial charge in [-0.3, -0.25) is 9.59 Å². The molecule has 1 aromatic rings. The van der Waals surface area contributed by atoms with Crippen molar-refractivity contribution in [1.82, 2.24) is 5.32 Å². The molecule has 0 aliphatic rings. The van der Waals surface area contributed by atoms with Crippen LogP contribution in [-0.2, 0) is 44.6 Å². The van der Waals surface area contributed by atoms with E-state index < -0.39 is 4.75 Å². The van der Waals surface area contributed by atoms with Crippen molar-refractivity contribution in [2.45, 2.75) is 38.0 Å². The van der Waals surface area contributed by atoms with Crippen molar-refractivity contribution in [2.75, 3.05) is 72.3 Å². The first-order chi connectivity index (χ1) is 17.3. The van der Waals surface area contributed by atoms with Crippen LogP contribution in [0.1, 0.15) is 37.8 Å². The van der Waals surface area contributed by atoms with Gasteiger partial charge in [-0.15, -0.1) is 11.8 Å². The zero-order valence-corrected chi connectivity index (χ0v) is 22.4. The Labute approximate surface area is 218 Å². The van der Waals surface area contributed by atoms with Gasteiger partial charge in [0.25, 0.3) is 0 Å². The summed E-state index contributed by atoms with van der Waals surface area (Å²) in [7, 11) is 1.35. The number of hydrogen-bond donors (Lipinski definition) is 3. The minimum Gasteiger partial charge on any atom is -0.508 e. The fourth-order valence-electron chi connectivity index (χ4n) is 2.92. The first-order valence-electron chi connectivity index (χ1n) is 12.0. The molecule has 0 heterocycles. The van der Waals surface area contributed by atoms with E-state index in [4.69, 9.17) is 18.9 Å². The Balaban J connectivity index is 1.96. The molecule has 206 valence electrons. The number of benzene rings is 1. The van der Waals surface area contributed by atoms with Crippen molar-refractivity contribution in [1.29, 1.82) is 0 Å². The van der Waals surface area contributed by atoms with E-state index in [0.29, 0.717) is 65.0 Å². The van der Waals surface area contributed by atoms with Crippen LogP contribution >= 0.6 is 11.8 Å². The van der Waals surface area contributed by atoms with E-state index in [1.807, 2.05) is 19.9 Å². The number of rotatable bonds is 21. The van der Waals surface area contributed by atoms with Gasteiger partial charge in [-0.2, -0.15) is 0 Å². The fourth-order valence-corrected chi connectivity index (χ4v) is 3.80. The lowest BCUT2D eigenvalue weighted by Crippen LogP contribution is -2.30. The van der Waals surface area contributed by atoms with Crippen LogP contribution in [-0.4, -0.2) is 94.4 Å². The number of esters is 1. The monoisotopic (exact) mass is 531 g/mol. The molecule has 0 aliphatic heterocycles. The second-order valence-corrected chi connectivity index (χ2v) is 9.92. The Morgan fingerprint density at radius 3 is 2.17 bits per heavy atom. The summed E-state index contributed by atoms with van der Waals surface area (Å²) in [6.45, 7) is 7.85. The highest BCUT2D eigenvalue weighted by Crippen LogP contribution is 2.37. The second-order valence-electron chi connectivity index (χ2n) is 8.32. The van der Waals surface area contributed by atoms with E-state index in [0.717, 1.165) is 12.0 Å². The molecule has 0 radical (unpaired) electrons. The first kappa shape index (κ1) is 32.1. The number of hydrogen-bond acceptors (Lipinski definition) is 10. The quantitative estimate of drug-likeness (QED) is 0.160. The maximum Gasteiger partial charge on any atom is 0.307 e. The minimum absolute atomic E-state index is 0.0959. The van der Waals surface area contributed by atoms with Gasteiger partial charge in [0.1, 0.15) is 5.75 Å². The van der Waals surface area contributed by atoms with E-state index in [-0.39, 0.29) is 36.4 Å². The number of carbonyl (C=O) groups excluding carboxylic acids is 2. The number of carbonyl (C=O) groups is 2. The molecule has 0 saturated heterocycles. The number of ether oxygens (including phenoxy) is 5. The average molecular weight is 532 g/mol. The van der Waals surface area contributed by atoms with Crippen LogP contribution in [0.25, 0.3) is 0 Å². The van der Waals surface area contributed by atoms with Crippen LogP contribution in [0.2, 0.25) is 0 Å². The lowest BCUT2D eigenvalue weighted by atomic mass is 9.99. The molecule has 11 heteroatoms. The van der Waals surface area contributed by atoms with E-state index in [1.165, 1.54) is 24.9 Å². The minimum atomic E-state index is -0.406. The number of phenols is 1. The van der Waals surface area contributed by atoms with Gasteiger partial charge in [-0.25, -0.2) is 0 Å². The number of aliphatic hydroxyl groups excluding tert-OH is 1. The van der Waals surface area contributed by atoms with Crippen LogP contribution < -0.4 is 5.32 Å². The highest BCUT2D eigenvalue weighted by atomic mass is 32.2. The van der Waals surface area contributed by atoms with Crippen molar-refractivity contribution in [3.8, 4) is 5.75 Å². The Morgan fingerprint density at radius 1 is 0.917 bits per heavy atom. The largest absolute Gasteiger partial charge is 0.508 e. The Bertz CT molecular complexity index is 761. The topological polar surface area (TPSA) is 133 Å². The van der Waals surface area contributed by atoms with Gasteiger partial charge in [-0.05, 0) is 43.5 Å². The Hall–Kier alpha value is -1.89. The summed E-state index contributed by atoms with van der Waals surface area (Å²) in [5.41, 5.74) is 1.48. The van der Waals surface area contributed by atoms with Gasteiger partial charge in [0, 0.05) is 24.5 Å². The third-order valence-electron chi connectivity index (χ3n) is 4.99. The molecule has 1 rings (SSSR count). The van der Waals surface area contributed by atoms with E-state index in [9.17, 15) is 19.8 Å². The third-order valence-corrected chi connectivity index (χ3v) is 6.35. The van der Waals surface area contributed by atoms with Gasteiger partial charge in [0.15, 0.2) is 0 Å². The predicted molar refractivity (Wildman–Crippen MR) is 137 cm³/mol. The summed E-state index contributed by atoms with van der Waals surface area (Å²) in [6.07, 6.45) is 0.998. The van der Waals surface area contributed by atoms with Crippen molar-refractivity contribution in [2.24, 2.45) is 0 Å². The highest BCUT2D eigenvalue weighted by Gasteiger charge is 2.23. The van der Waals surface area contributed by atoms with Gasteiger partial charge in [-0.1, -0.05) is 6.07 Å². The van der Waals surface area contributed by atoms with Crippen molar-refractivity contribution >= 4 is 23.6 Å². The molecule has 0 aromatic heterocycles. The van der Waals surface area contributed by atoms with E-state index in [1.54, 1.807) is 6.07 Å². The maximum absolute atomic E-state index is 12.1. The van der Waals surface area contributed by atoms with Crippen LogP contribution in [0.3, 0.4) is 0 Å². The molecule has 0 unspecified atom stereocenters. The number of aliphatic hydroxyl groups is 1. The zero-order chi connectivity index (χ0) is 26.7. The first-order valence-corrected chi connectivity index (χ1v) is 13.0. The smallest absolute Gasteiger partial charge is 0.307 e. The molecule has 1 aromatic carbocycles. The number of phenolic OH excluding ortho intramolecular Hbond substituents is 1. The Kier molecular flexibility index (Phi) is 17.2. The molecule has 0 fully saturated rings. The molecular weight excluding hydrogens is 490 g/mol. The second kappa shape index (κ2) is 19.3. The molecule has 10 nitrogen and oxygen atoms in total. The lowest BCUT2D eigenvalue weighted by molar-refractivity contribution is -0.141. The van der Waals surface area contributed by atoms with Crippen LogP contribution in [0.4, 0.5) is 0 Å².